The van der Waals surface area contributed by atoms with E-state index in [1.165, 1.54) is 11.3 Å². The minimum Gasteiger partial charge on any atom is -0.493 e. The number of methoxy groups -OCH3 is 1. The Labute approximate surface area is 191 Å². The van der Waals surface area contributed by atoms with Gasteiger partial charge in [0.25, 0.3) is 0 Å². The summed E-state index contributed by atoms with van der Waals surface area (Å²) in [5.74, 6) is 0.603. The van der Waals surface area contributed by atoms with Crippen molar-refractivity contribution >= 4 is 32.8 Å². The van der Waals surface area contributed by atoms with Crippen LogP contribution in [0.1, 0.15) is 28.3 Å². The summed E-state index contributed by atoms with van der Waals surface area (Å²) in [4.78, 5) is 13.7. The first-order chi connectivity index (χ1) is 15.3. The predicted molar refractivity (Wildman–Crippen MR) is 125 cm³/mol. The maximum Gasteiger partial charge on any atom is 0.225 e. The molecule has 0 bridgehead atoms. The van der Waals surface area contributed by atoms with E-state index in [0.717, 1.165) is 16.0 Å². The van der Waals surface area contributed by atoms with Crippen LogP contribution in [-0.2, 0) is 14.6 Å². The Morgan fingerprint density at radius 2 is 1.94 bits per heavy atom. The van der Waals surface area contributed by atoms with Crippen molar-refractivity contribution in [2.45, 2.75) is 29.1 Å². The number of anilines is 1. The van der Waals surface area contributed by atoms with Gasteiger partial charge in [-0.3, -0.25) is 4.79 Å². The normalized spacial score (nSPS) is 15.6. The highest BCUT2D eigenvalue weighted by Gasteiger charge is 2.34. The summed E-state index contributed by atoms with van der Waals surface area (Å²) in [5, 5.41) is 4.40. The first-order valence-electron chi connectivity index (χ1n) is 9.99. The maximum absolute atomic E-state index is 13.3. The minimum absolute atomic E-state index is 0.123. The molecule has 1 amide bonds. The van der Waals surface area contributed by atoms with Crippen LogP contribution in [0.4, 0.5) is 5.69 Å². The number of ether oxygens (including phenoxy) is 2. The zero-order valence-corrected chi connectivity index (χ0v) is 19.4. The Morgan fingerprint density at radius 3 is 2.62 bits per heavy atom. The first-order valence-corrected chi connectivity index (χ1v) is 12.4. The van der Waals surface area contributed by atoms with E-state index in [-0.39, 0.29) is 28.0 Å². The SMILES string of the molecule is C=CCOc1ccc([C@@H]2CC(=O)Nc3c(S(=O)(=O)c4ccc(C)cc4)csc32)cc1OC. The molecule has 32 heavy (non-hydrogen) atoms. The second-order valence-electron chi connectivity index (χ2n) is 7.47. The molecule has 166 valence electrons. The fourth-order valence-electron chi connectivity index (χ4n) is 3.68. The Bertz CT molecular complexity index is 1280. The van der Waals surface area contributed by atoms with E-state index in [2.05, 4.69) is 11.9 Å². The smallest absolute Gasteiger partial charge is 0.225 e. The summed E-state index contributed by atoms with van der Waals surface area (Å²) in [6.45, 7) is 5.89. The number of rotatable bonds is 7. The number of sulfone groups is 1. The van der Waals surface area contributed by atoms with Crippen molar-refractivity contribution in [1.29, 1.82) is 0 Å². The summed E-state index contributed by atoms with van der Waals surface area (Å²) in [7, 11) is -2.22. The molecular weight excluding hydrogens is 446 g/mol. The standard InChI is InChI=1S/C24H23NO5S2/c1-4-11-30-19-10-7-16(12-20(19)29-3)18-13-22(26)25-23-21(14-31-24(18)23)32(27,28)17-8-5-15(2)6-9-17/h4-10,12,14,18H,1,11,13H2,2-3H3,(H,25,26)/t18-/m0/s1. The number of carbonyl (C=O) groups is 1. The molecule has 0 fully saturated rings. The first kappa shape index (κ1) is 22.1. The summed E-state index contributed by atoms with van der Waals surface area (Å²) in [6, 6.07) is 12.2. The highest BCUT2D eigenvalue weighted by atomic mass is 32.2. The van der Waals surface area contributed by atoms with Gasteiger partial charge in [-0.2, -0.15) is 0 Å². The molecule has 2 heterocycles. The molecule has 6 nitrogen and oxygen atoms in total. The molecule has 0 saturated carbocycles. The third-order valence-corrected chi connectivity index (χ3v) is 8.36. The van der Waals surface area contributed by atoms with Crippen LogP contribution < -0.4 is 14.8 Å². The molecule has 1 aromatic heterocycles. The maximum atomic E-state index is 13.3. The predicted octanol–water partition coefficient (Wildman–Crippen LogP) is 4.94. The monoisotopic (exact) mass is 469 g/mol. The lowest BCUT2D eigenvalue weighted by molar-refractivity contribution is -0.116. The zero-order valence-electron chi connectivity index (χ0n) is 17.8. The summed E-state index contributed by atoms with van der Waals surface area (Å²) in [6.07, 6.45) is 1.86. The van der Waals surface area contributed by atoms with Crippen LogP contribution in [0.2, 0.25) is 0 Å². The quantitative estimate of drug-likeness (QED) is 0.496. The lowest BCUT2D eigenvalue weighted by atomic mass is 9.90. The van der Waals surface area contributed by atoms with Crippen LogP contribution in [0.5, 0.6) is 11.5 Å². The average Bonchev–Trinajstić information content (AvgIpc) is 3.22. The Kier molecular flexibility index (Phi) is 6.08. The minimum atomic E-state index is -3.77. The fourth-order valence-corrected chi connectivity index (χ4v) is 6.59. The van der Waals surface area contributed by atoms with E-state index in [1.807, 2.05) is 19.1 Å². The van der Waals surface area contributed by atoms with Crippen LogP contribution in [0.15, 0.2) is 70.3 Å². The van der Waals surface area contributed by atoms with E-state index in [0.29, 0.717) is 23.8 Å². The van der Waals surface area contributed by atoms with Gasteiger partial charge in [-0.1, -0.05) is 36.4 Å². The third-order valence-electron chi connectivity index (χ3n) is 5.32. The van der Waals surface area contributed by atoms with E-state index >= 15 is 0 Å². The van der Waals surface area contributed by atoms with Gasteiger partial charge in [-0.05, 0) is 36.8 Å². The molecular formula is C24H23NO5S2. The molecule has 1 aliphatic heterocycles. The largest absolute Gasteiger partial charge is 0.493 e. The number of thiophene rings is 1. The number of aryl methyl sites for hydroxylation is 1. The molecule has 2 aromatic carbocycles. The number of hydrogen-bond donors (Lipinski definition) is 1. The average molecular weight is 470 g/mol. The van der Waals surface area contributed by atoms with Crippen LogP contribution in [-0.4, -0.2) is 28.0 Å². The number of fused-ring (bicyclic) bond motifs is 1. The molecule has 1 aliphatic rings. The van der Waals surface area contributed by atoms with Gasteiger partial charge in [0.05, 0.1) is 17.7 Å². The highest BCUT2D eigenvalue weighted by molar-refractivity contribution is 7.91. The number of nitrogens with one attached hydrogen (secondary N) is 1. The molecule has 8 heteroatoms. The van der Waals surface area contributed by atoms with Gasteiger partial charge in [0, 0.05) is 22.6 Å². The van der Waals surface area contributed by atoms with Crippen LogP contribution in [0, 0.1) is 6.92 Å². The van der Waals surface area contributed by atoms with Crippen molar-refractivity contribution in [2.24, 2.45) is 0 Å². The number of hydrogen-bond acceptors (Lipinski definition) is 6. The van der Waals surface area contributed by atoms with Crippen molar-refractivity contribution in [3.8, 4) is 11.5 Å². The zero-order chi connectivity index (χ0) is 22.9. The number of amides is 1. The molecule has 4 rings (SSSR count). The Morgan fingerprint density at radius 1 is 1.19 bits per heavy atom. The molecule has 1 atom stereocenters. The molecule has 0 unspecified atom stereocenters. The molecule has 0 aliphatic carbocycles. The Hall–Kier alpha value is -3.10. The van der Waals surface area contributed by atoms with Crippen molar-refractivity contribution < 1.29 is 22.7 Å². The number of carbonyl (C=O) groups excluding carboxylic acids is 1. The van der Waals surface area contributed by atoms with Crippen molar-refractivity contribution in [2.75, 3.05) is 19.0 Å². The molecule has 0 spiro atoms. The van der Waals surface area contributed by atoms with E-state index in [4.69, 9.17) is 9.47 Å². The van der Waals surface area contributed by atoms with Crippen molar-refractivity contribution in [3.63, 3.8) is 0 Å². The molecule has 0 saturated heterocycles. The van der Waals surface area contributed by atoms with E-state index < -0.39 is 9.84 Å². The van der Waals surface area contributed by atoms with E-state index in [9.17, 15) is 13.2 Å². The summed E-state index contributed by atoms with van der Waals surface area (Å²) < 4.78 is 37.6. The van der Waals surface area contributed by atoms with Gasteiger partial charge in [-0.25, -0.2) is 8.42 Å². The highest BCUT2D eigenvalue weighted by Crippen LogP contribution is 2.47. The second-order valence-corrected chi connectivity index (χ2v) is 10.3. The van der Waals surface area contributed by atoms with Crippen LogP contribution in [0.3, 0.4) is 0 Å². The van der Waals surface area contributed by atoms with Gasteiger partial charge >= 0.3 is 0 Å². The van der Waals surface area contributed by atoms with Gasteiger partial charge in [0.1, 0.15) is 11.5 Å². The van der Waals surface area contributed by atoms with Crippen molar-refractivity contribution in [3.05, 3.63) is 76.5 Å². The fraction of sp³-hybridized carbons (Fsp3) is 0.208. The third kappa shape index (κ3) is 4.03. The molecule has 3 aromatic rings. The van der Waals surface area contributed by atoms with E-state index in [1.54, 1.807) is 48.9 Å². The second kappa shape index (κ2) is 8.80. The van der Waals surface area contributed by atoms with Gasteiger partial charge in [0.2, 0.25) is 15.7 Å². The van der Waals surface area contributed by atoms with Gasteiger partial charge in [-0.15, -0.1) is 11.3 Å². The van der Waals surface area contributed by atoms with Gasteiger partial charge in [0.15, 0.2) is 11.5 Å². The number of benzene rings is 2. The van der Waals surface area contributed by atoms with Crippen LogP contribution in [0.25, 0.3) is 0 Å². The van der Waals surface area contributed by atoms with Crippen LogP contribution >= 0.6 is 11.3 Å². The van der Waals surface area contributed by atoms with Crippen molar-refractivity contribution in [1.82, 2.24) is 0 Å². The topological polar surface area (TPSA) is 81.7 Å². The molecule has 0 radical (unpaired) electrons. The lowest BCUT2D eigenvalue weighted by Gasteiger charge is -2.24. The van der Waals surface area contributed by atoms with Gasteiger partial charge < -0.3 is 14.8 Å². The Balaban J connectivity index is 1.76. The summed E-state index contributed by atoms with van der Waals surface area (Å²) >= 11 is 1.33. The molecule has 1 N–H and O–H groups in total. The summed E-state index contributed by atoms with van der Waals surface area (Å²) in [5.41, 5.74) is 2.19. The lowest BCUT2D eigenvalue weighted by Crippen LogP contribution is -2.23.